The van der Waals surface area contributed by atoms with Crippen LogP contribution in [0.3, 0.4) is 0 Å². The van der Waals surface area contributed by atoms with Gasteiger partial charge in [0.1, 0.15) is 11.2 Å². The maximum Gasteiger partial charge on any atom is 0.337 e. The number of aromatic carboxylic acids is 1. The predicted octanol–water partition coefficient (Wildman–Crippen LogP) is 1.61. The minimum absolute atomic E-state index is 0.0789. The Morgan fingerprint density at radius 2 is 2.05 bits per heavy atom. The van der Waals surface area contributed by atoms with Crippen molar-refractivity contribution in [1.29, 1.82) is 0 Å². The predicted molar refractivity (Wildman–Crippen MR) is 70.6 cm³/mol. The second-order valence-corrected chi connectivity index (χ2v) is 5.98. The molecule has 8 nitrogen and oxygen atoms in total. The number of rotatable bonds is 4. The van der Waals surface area contributed by atoms with Crippen molar-refractivity contribution in [1.82, 2.24) is 15.2 Å². The fourth-order valence-corrected chi connectivity index (χ4v) is 3.22. The van der Waals surface area contributed by atoms with Crippen LogP contribution in [-0.2, 0) is 10.0 Å². The van der Waals surface area contributed by atoms with Crippen LogP contribution in [0.15, 0.2) is 23.4 Å². The summed E-state index contributed by atoms with van der Waals surface area (Å²) in [4.78, 5) is 14.1. The van der Waals surface area contributed by atoms with Gasteiger partial charge in [-0.25, -0.2) is 23.0 Å². The zero-order valence-electron chi connectivity index (χ0n) is 9.46. The van der Waals surface area contributed by atoms with Gasteiger partial charge in [-0.15, -0.1) is 0 Å². The molecule has 1 heterocycles. The highest BCUT2D eigenvalue weighted by atomic mass is 35.5. The number of carboxylic acid groups (broad SMARTS) is 1. The molecule has 0 radical (unpaired) electrons. The fraction of sp³-hybridized carbons (Fsp3) is 0. The van der Waals surface area contributed by atoms with Crippen molar-refractivity contribution in [3.63, 3.8) is 0 Å². The van der Waals surface area contributed by atoms with Crippen molar-refractivity contribution in [2.75, 3.05) is 4.72 Å². The number of nitrogens with zero attached hydrogens (tertiary/aromatic N) is 2. The van der Waals surface area contributed by atoms with Gasteiger partial charge in [0.05, 0.1) is 10.6 Å². The van der Waals surface area contributed by atoms with Crippen molar-refractivity contribution in [2.45, 2.75) is 4.90 Å². The molecule has 0 spiro atoms. The second kappa shape index (κ2) is 5.27. The molecular weight excluding hydrogens is 331 g/mol. The van der Waals surface area contributed by atoms with Crippen molar-refractivity contribution < 1.29 is 18.3 Å². The first kappa shape index (κ1) is 14.6. The molecule has 106 valence electrons. The van der Waals surface area contributed by atoms with E-state index in [2.05, 4.69) is 19.9 Å². The minimum atomic E-state index is -4.16. The van der Waals surface area contributed by atoms with Crippen LogP contribution in [0.4, 0.5) is 5.95 Å². The van der Waals surface area contributed by atoms with Crippen LogP contribution >= 0.6 is 23.2 Å². The molecule has 1 aromatic carbocycles. The van der Waals surface area contributed by atoms with E-state index in [1.165, 1.54) is 0 Å². The molecule has 2 aromatic rings. The number of benzene rings is 1. The van der Waals surface area contributed by atoms with E-state index < -0.39 is 31.5 Å². The molecular formula is C9H6Cl2N4O4S. The van der Waals surface area contributed by atoms with Gasteiger partial charge < -0.3 is 5.11 Å². The first-order valence-corrected chi connectivity index (χ1v) is 7.15. The van der Waals surface area contributed by atoms with Gasteiger partial charge in [-0.05, 0) is 12.1 Å². The molecule has 0 aliphatic rings. The first-order valence-electron chi connectivity index (χ1n) is 4.92. The van der Waals surface area contributed by atoms with Crippen LogP contribution in [0.1, 0.15) is 10.4 Å². The van der Waals surface area contributed by atoms with Gasteiger partial charge >= 0.3 is 5.97 Å². The average molecular weight is 337 g/mol. The normalized spacial score (nSPS) is 11.3. The molecule has 0 fully saturated rings. The van der Waals surface area contributed by atoms with Gasteiger partial charge in [0.2, 0.25) is 5.95 Å². The Hall–Kier alpha value is -1.84. The monoisotopic (exact) mass is 336 g/mol. The lowest BCUT2D eigenvalue weighted by atomic mass is 10.2. The minimum Gasteiger partial charge on any atom is -0.478 e. The fourth-order valence-electron chi connectivity index (χ4n) is 1.35. The summed E-state index contributed by atoms with van der Waals surface area (Å²) < 4.78 is 26.3. The van der Waals surface area contributed by atoms with Gasteiger partial charge in [-0.1, -0.05) is 23.2 Å². The Morgan fingerprint density at radius 3 is 2.60 bits per heavy atom. The SMILES string of the molecule is O=C(O)c1cc(Cl)cc(S(=O)(=O)Nc2ncn[nH]2)c1Cl. The molecule has 3 N–H and O–H groups in total. The number of aromatic amines is 1. The van der Waals surface area contributed by atoms with Gasteiger partial charge in [-0.3, -0.25) is 0 Å². The second-order valence-electron chi connectivity index (χ2n) is 3.51. The molecule has 11 heteroatoms. The van der Waals surface area contributed by atoms with E-state index in [0.29, 0.717) is 0 Å². The van der Waals surface area contributed by atoms with Crippen LogP contribution in [0.25, 0.3) is 0 Å². The highest BCUT2D eigenvalue weighted by Crippen LogP contribution is 2.30. The Balaban J connectivity index is 2.54. The number of aromatic nitrogens is 3. The largest absolute Gasteiger partial charge is 0.478 e. The molecule has 0 saturated heterocycles. The average Bonchev–Trinajstić information content (AvgIpc) is 2.83. The van der Waals surface area contributed by atoms with E-state index in [9.17, 15) is 13.2 Å². The molecule has 0 bridgehead atoms. The van der Waals surface area contributed by atoms with Crippen molar-refractivity contribution >= 4 is 45.1 Å². The van der Waals surface area contributed by atoms with E-state index >= 15 is 0 Å². The molecule has 0 aliphatic carbocycles. The lowest BCUT2D eigenvalue weighted by Crippen LogP contribution is -2.15. The lowest BCUT2D eigenvalue weighted by Gasteiger charge is -2.09. The molecule has 1 aromatic heterocycles. The van der Waals surface area contributed by atoms with E-state index in [0.717, 1.165) is 18.5 Å². The number of halogens is 2. The van der Waals surface area contributed by atoms with Gasteiger partial charge in [0.25, 0.3) is 10.0 Å². The zero-order valence-corrected chi connectivity index (χ0v) is 11.8. The number of nitrogens with one attached hydrogen (secondary N) is 2. The molecule has 20 heavy (non-hydrogen) atoms. The first-order chi connectivity index (χ1) is 9.31. The summed E-state index contributed by atoms with van der Waals surface area (Å²) in [6.07, 6.45) is 1.10. The van der Waals surface area contributed by atoms with Crippen molar-refractivity contribution in [3.8, 4) is 0 Å². The van der Waals surface area contributed by atoms with E-state index in [1.807, 2.05) is 0 Å². The molecule has 0 unspecified atom stereocenters. The molecule has 0 atom stereocenters. The highest BCUT2D eigenvalue weighted by molar-refractivity contribution is 7.92. The smallest absolute Gasteiger partial charge is 0.337 e. The maximum absolute atomic E-state index is 12.1. The number of hydrogen-bond donors (Lipinski definition) is 3. The quantitative estimate of drug-likeness (QED) is 0.778. The van der Waals surface area contributed by atoms with E-state index in [1.54, 1.807) is 0 Å². The molecule has 2 rings (SSSR count). The number of carboxylic acids is 1. The summed E-state index contributed by atoms with van der Waals surface area (Å²) in [5.74, 6) is -1.54. The summed E-state index contributed by atoms with van der Waals surface area (Å²) in [5, 5.41) is 14.2. The summed E-state index contributed by atoms with van der Waals surface area (Å²) in [6.45, 7) is 0. The van der Waals surface area contributed by atoms with E-state index in [-0.39, 0.29) is 11.0 Å². The van der Waals surface area contributed by atoms with Gasteiger partial charge in [-0.2, -0.15) is 10.1 Å². The third-order valence-corrected chi connectivity index (χ3v) is 4.27. The van der Waals surface area contributed by atoms with Crippen molar-refractivity contribution in [2.24, 2.45) is 0 Å². The van der Waals surface area contributed by atoms with Crippen LogP contribution in [0.5, 0.6) is 0 Å². The number of carbonyl (C=O) groups is 1. The van der Waals surface area contributed by atoms with Crippen LogP contribution < -0.4 is 4.72 Å². The number of H-pyrrole nitrogens is 1. The number of sulfonamides is 1. The third kappa shape index (κ3) is 2.84. The van der Waals surface area contributed by atoms with Crippen LogP contribution in [-0.4, -0.2) is 34.7 Å². The summed E-state index contributed by atoms with van der Waals surface area (Å²) >= 11 is 11.5. The van der Waals surface area contributed by atoms with Crippen LogP contribution in [0, 0.1) is 0 Å². The summed E-state index contributed by atoms with van der Waals surface area (Å²) in [5.41, 5.74) is -0.419. The summed E-state index contributed by atoms with van der Waals surface area (Å²) in [7, 11) is -4.16. The van der Waals surface area contributed by atoms with Crippen molar-refractivity contribution in [3.05, 3.63) is 34.1 Å². The van der Waals surface area contributed by atoms with Gasteiger partial charge in [0.15, 0.2) is 0 Å². The Morgan fingerprint density at radius 1 is 1.35 bits per heavy atom. The topological polar surface area (TPSA) is 125 Å². The molecule has 0 aliphatic heterocycles. The Bertz CT molecular complexity index is 761. The zero-order chi connectivity index (χ0) is 14.9. The molecule has 0 saturated carbocycles. The van der Waals surface area contributed by atoms with Crippen LogP contribution in [0.2, 0.25) is 10.0 Å². The maximum atomic E-state index is 12.1. The molecule has 0 amide bonds. The highest BCUT2D eigenvalue weighted by Gasteiger charge is 2.24. The van der Waals surface area contributed by atoms with Gasteiger partial charge in [0, 0.05) is 5.02 Å². The Kier molecular flexibility index (Phi) is 3.84. The Labute approximate surface area is 122 Å². The number of hydrogen-bond acceptors (Lipinski definition) is 5. The van der Waals surface area contributed by atoms with E-state index in [4.69, 9.17) is 28.3 Å². The third-order valence-electron chi connectivity index (χ3n) is 2.17. The summed E-state index contributed by atoms with van der Waals surface area (Å²) in [6, 6.07) is 2.09. The lowest BCUT2D eigenvalue weighted by molar-refractivity contribution is 0.0697. The standard InChI is InChI=1S/C9H6Cl2N4O4S/c10-4-1-5(8(16)17)7(11)6(2-4)20(18,19)15-9-12-3-13-14-9/h1-3H,(H,16,17)(H2,12,13,14,15). The number of anilines is 1.